The van der Waals surface area contributed by atoms with Gasteiger partial charge in [0.05, 0.1) is 30.6 Å². The molecule has 120 valence electrons. The van der Waals surface area contributed by atoms with Gasteiger partial charge in [-0.3, -0.25) is 9.59 Å². The Kier molecular flexibility index (Phi) is 5.43. The molecule has 0 saturated heterocycles. The average molecular weight is 335 g/mol. The average Bonchev–Trinajstić information content (AvgIpc) is 2.57. The van der Waals surface area contributed by atoms with Crippen molar-refractivity contribution in [2.75, 3.05) is 24.9 Å². The summed E-state index contributed by atoms with van der Waals surface area (Å²) in [6, 6.07) is 11.5. The first-order chi connectivity index (χ1) is 11.0. The highest BCUT2D eigenvalue weighted by Gasteiger charge is 2.17. The van der Waals surface area contributed by atoms with Gasteiger partial charge in [-0.15, -0.1) is 0 Å². The number of carbonyl (C=O) groups is 2. The van der Waals surface area contributed by atoms with Crippen LogP contribution < -0.4 is 20.1 Å². The number of para-hydroxylation sites is 1. The first kappa shape index (κ1) is 16.6. The van der Waals surface area contributed by atoms with Crippen molar-refractivity contribution in [2.24, 2.45) is 0 Å². The van der Waals surface area contributed by atoms with Gasteiger partial charge in [0, 0.05) is 6.07 Å². The van der Waals surface area contributed by atoms with Crippen molar-refractivity contribution >= 4 is 34.8 Å². The molecule has 0 saturated carbocycles. The lowest BCUT2D eigenvalue weighted by molar-refractivity contribution is -0.133. The molecule has 0 atom stereocenters. The predicted molar refractivity (Wildman–Crippen MR) is 88.3 cm³/mol. The Balaban J connectivity index is 2.10. The number of halogens is 1. The Morgan fingerprint density at radius 1 is 0.913 bits per heavy atom. The quantitative estimate of drug-likeness (QED) is 0.843. The maximum atomic E-state index is 12.0. The highest BCUT2D eigenvalue weighted by atomic mass is 35.5. The monoisotopic (exact) mass is 334 g/mol. The first-order valence-corrected chi connectivity index (χ1v) is 7.02. The number of hydrogen-bond donors (Lipinski definition) is 2. The molecule has 2 aromatic rings. The van der Waals surface area contributed by atoms with Crippen LogP contribution in [0.15, 0.2) is 42.5 Å². The van der Waals surface area contributed by atoms with Crippen molar-refractivity contribution in [1.29, 1.82) is 0 Å². The number of amides is 2. The second kappa shape index (κ2) is 7.51. The van der Waals surface area contributed by atoms with Gasteiger partial charge in [0.1, 0.15) is 11.5 Å². The molecule has 0 radical (unpaired) electrons. The van der Waals surface area contributed by atoms with Gasteiger partial charge in [-0.25, -0.2) is 0 Å². The van der Waals surface area contributed by atoms with Gasteiger partial charge >= 0.3 is 11.8 Å². The van der Waals surface area contributed by atoms with Crippen LogP contribution in [0.3, 0.4) is 0 Å². The molecule has 2 amide bonds. The maximum absolute atomic E-state index is 12.0. The van der Waals surface area contributed by atoms with Crippen molar-refractivity contribution < 1.29 is 19.1 Å². The van der Waals surface area contributed by atoms with Crippen molar-refractivity contribution in [1.82, 2.24) is 0 Å². The lowest BCUT2D eigenvalue weighted by Crippen LogP contribution is -2.29. The molecular formula is C16H15ClN2O4. The Morgan fingerprint density at radius 3 is 2.17 bits per heavy atom. The summed E-state index contributed by atoms with van der Waals surface area (Å²) in [5.41, 5.74) is 0.712. The Morgan fingerprint density at radius 2 is 1.57 bits per heavy atom. The molecule has 2 aromatic carbocycles. The van der Waals surface area contributed by atoms with Crippen LogP contribution in [-0.4, -0.2) is 26.0 Å². The first-order valence-electron chi connectivity index (χ1n) is 6.64. The number of nitrogens with one attached hydrogen (secondary N) is 2. The SMILES string of the molecule is COc1ccc(NC(=O)C(=O)Nc2ccccc2Cl)c(OC)c1. The fourth-order valence-electron chi connectivity index (χ4n) is 1.82. The summed E-state index contributed by atoms with van der Waals surface area (Å²) in [5, 5.41) is 5.26. The number of carbonyl (C=O) groups excluding carboxylic acids is 2. The van der Waals surface area contributed by atoms with E-state index < -0.39 is 11.8 Å². The number of hydrogen-bond acceptors (Lipinski definition) is 4. The fourth-order valence-corrected chi connectivity index (χ4v) is 2.01. The topological polar surface area (TPSA) is 76.7 Å². The second-order valence-corrected chi connectivity index (χ2v) is 4.86. The fraction of sp³-hybridized carbons (Fsp3) is 0.125. The maximum Gasteiger partial charge on any atom is 0.314 e. The van der Waals surface area contributed by atoms with E-state index in [4.69, 9.17) is 21.1 Å². The molecule has 0 aliphatic carbocycles. The van der Waals surface area contributed by atoms with E-state index in [0.29, 0.717) is 27.9 Å². The van der Waals surface area contributed by atoms with Crippen LogP contribution in [0.1, 0.15) is 0 Å². The zero-order valence-corrected chi connectivity index (χ0v) is 13.3. The van der Waals surface area contributed by atoms with Crippen LogP contribution in [0.4, 0.5) is 11.4 Å². The number of methoxy groups -OCH3 is 2. The van der Waals surface area contributed by atoms with Crippen molar-refractivity contribution in [2.45, 2.75) is 0 Å². The third-order valence-corrected chi connectivity index (χ3v) is 3.31. The molecule has 7 heteroatoms. The van der Waals surface area contributed by atoms with E-state index in [2.05, 4.69) is 10.6 Å². The van der Waals surface area contributed by atoms with Crippen LogP contribution >= 0.6 is 11.6 Å². The zero-order chi connectivity index (χ0) is 16.8. The molecule has 0 unspecified atom stereocenters. The largest absolute Gasteiger partial charge is 0.497 e. The minimum Gasteiger partial charge on any atom is -0.497 e. The smallest absolute Gasteiger partial charge is 0.314 e. The van der Waals surface area contributed by atoms with Gasteiger partial charge in [-0.05, 0) is 24.3 Å². The van der Waals surface area contributed by atoms with E-state index in [1.54, 1.807) is 42.5 Å². The van der Waals surface area contributed by atoms with Crippen molar-refractivity contribution in [3.8, 4) is 11.5 Å². The lowest BCUT2D eigenvalue weighted by atomic mass is 10.2. The third-order valence-electron chi connectivity index (χ3n) is 2.99. The molecule has 0 bridgehead atoms. The molecule has 0 spiro atoms. The second-order valence-electron chi connectivity index (χ2n) is 4.45. The molecule has 0 aliphatic rings. The predicted octanol–water partition coefficient (Wildman–Crippen LogP) is 2.93. The van der Waals surface area contributed by atoms with E-state index in [9.17, 15) is 9.59 Å². The lowest BCUT2D eigenvalue weighted by Gasteiger charge is -2.12. The molecular weight excluding hydrogens is 320 g/mol. The van der Waals surface area contributed by atoms with Crippen LogP contribution in [0.5, 0.6) is 11.5 Å². The molecule has 0 fully saturated rings. The van der Waals surface area contributed by atoms with E-state index >= 15 is 0 Å². The van der Waals surface area contributed by atoms with Gasteiger partial charge in [-0.1, -0.05) is 23.7 Å². The van der Waals surface area contributed by atoms with E-state index in [-0.39, 0.29) is 0 Å². The normalized spacial score (nSPS) is 9.87. The molecule has 23 heavy (non-hydrogen) atoms. The van der Waals surface area contributed by atoms with E-state index in [1.807, 2.05) is 0 Å². The number of ether oxygens (including phenoxy) is 2. The Labute approximate surface area is 138 Å². The van der Waals surface area contributed by atoms with E-state index in [0.717, 1.165) is 0 Å². The molecule has 0 aromatic heterocycles. The van der Waals surface area contributed by atoms with Crippen LogP contribution in [-0.2, 0) is 9.59 Å². The molecule has 0 aliphatic heterocycles. The Bertz CT molecular complexity index is 734. The summed E-state index contributed by atoms with van der Waals surface area (Å²) in [7, 11) is 2.97. The summed E-state index contributed by atoms with van der Waals surface area (Å²) in [6.07, 6.45) is 0. The number of rotatable bonds is 4. The molecule has 2 N–H and O–H groups in total. The van der Waals surface area contributed by atoms with Gasteiger partial charge in [0.15, 0.2) is 0 Å². The van der Waals surface area contributed by atoms with Crippen LogP contribution in [0, 0.1) is 0 Å². The number of anilines is 2. The summed E-state index contributed by atoms with van der Waals surface area (Å²) in [5.74, 6) is -0.729. The molecule has 2 rings (SSSR count). The highest BCUT2D eigenvalue weighted by Crippen LogP contribution is 2.29. The summed E-state index contributed by atoms with van der Waals surface area (Å²) < 4.78 is 10.2. The van der Waals surface area contributed by atoms with Gasteiger partial charge in [0.2, 0.25) is 0 Å². The summed E-state index contributed by atoms with van der Waals surface area (Å²) >= 11 is 5.93. The van der Waals surface area contributed by atoms with Crippen molar-refractivity contribution in [3.63, 3.8) is 0 Å². The number of benzene rings is 2. The van der Waals surface area contributed by atoms with E-state index in [1.165, 1.54) is 14.2 Å². The standard InChI is InChI=1S/C16H15ClN2O4/c1-22-10-7-8-13(14(9-10)23-2)19-16(21)15(20)18-12-6-4-3-5-11(12)17/h3-9H,1-2H3,(H,18,20)(H,19,21). The molecule has 0 heterocycles. The zero-order valence-electron chi connectivity index (χ0n) is 12.6. The third kappa shape index (κ3) is 4.14. The van der Waals surface area contributed by atoms with Crippen LogP contribution in [0.25, 0.3) is 0 Å². The minimum absolute atomic E-state index is 0.343. The Hall–Kier alpha value is -2.73. The van der Waals surface area contributed by atoms with Gasteiger partial charge in [0.25, 0.3) is 0 Å². The van der Waals surface area contributed by atoms with Crippen molar-refractivity contribution in [3.05, 3.63) is 47.5 Å². The molecule has 6 nitrogen and oxygen atoms in total. The summed E-state index contributed by atoms with van der Waals surface area (Å²) in [6.45, 7) is 0. The van der Waals surface area contributed by atoms with Gasteiger partial charge < -0.3 is 20.1 Å². The van der Waals surface area contributed by atoms with Crippen LogP contribution in [0.2, 0.25) is 5.02 Å². The van der Waals surface area contributed by atoms with Gasteiger partial charge in [-0.2, -0.15) is 0 Å². The minimum atomic E-state index is -0.839. The summed E-state index contributed by atoms with van der Waals surface area (Å²) in [4.78, 5) is 23.9. The highest BCUT2D eigenvalue weighted by molar-refractivity contribution is 6.45.